The van der Waals surface area contributed by atoms with E-state index in [0.29, 0.717) is 36.0 Å². The smallest absolute Gasteiger partial charge is 0.221 e. The first-order valence-corrected chi connectivity index (χ1v) is 11.3. The van der Waals surface area contributed by atoms with Crippen LogP contribution in [0.15, 0.2) is 30.3 Å². The Balaban J connectivity index is 0.00000407. The molecule has 0 amide bonds. The number of anilines is 1. The summed E-state index contributed by atoms with van der Waals surface area (Å²) < 4.78 is 5.81. The lowest BCUT2D eigenvalue weighted by Gasteiger charge is -2.16. The van der Waals surface area contributed by atoms with E-state index in [2.05, 4.69) is 40.2 Å². The summed E-state index contributed by atoms with van der Waals surface area (Å²) in [5, 5.41) is 15.2. The number of nitrogens with zero attached hydrogens (tertiary/aromatic N) is 3. The van der Waals surface area contributed by atoms with Crippen molar-refractivity contribution < 1.29 is 4.74 Å². The standard InChI is InChI=1S/C21H32ClN5O.C2H6/c1-5-7-10-24-11-8-9-12-28-21-16(3)20(25-15-26-21)27-17(4)19(22)13-18(6-2)14-23;1-2/h6,15,19,24H,4-5,7-13H2,1-3H3,(H,25,26,27);1-2H3/b18-6+;. The minimum atomic E-state index is -0.412. The van der Waals surface area contributed by atoms with Gasteiger partial charge in [-0.25, -0.2) is 9.97 Å². The molecule has 0 aliphatic heterocycles. The topological polar surface area (TPSA) is 82.9 Å². The molecule has 1 atom stereocenters. The van der Waals surface area contributed by atoms with Crippen LogP contribution in [0.5, 0.6) is 5.88 Å². The second-order valence-corrected chi connectivity index (χ2v) is 7.09. The van der Waals surface area contributed by atoms with E-state index in [1.54, 1.807) is 6.08 Å². The SMILES string of the molecule is C=C(Nc1ncnc(OCCCCNCCCC)c1C)C(Cl)C/C(C#N)=C\C.CC. The van der Waals surface area contributed by atoms with Crippen LogP contribution < -0.4 is 15.4 Å². The molecule has 0 aromatic carbocycles. The number of unbranched alkanes of at least 4 members (excludes halogenated alkanes) is 2. The predicted molar refractivity (Wildman–Crippen MR) is 127 cm³/mol. The Kier molecular flexibility index (Phi) is 16.5. The molecule has 0 saturated heterocycles. The minimum Gasteiger partial charge on any atom is -0.477 e. The van der Waals surface area contributed by atoms with Crippen molar-refractivity contribution in [2.75, 3.05) is 25.0 Å². The zero-order chi connectivity index (χ0) is 22.8. The summed E-state index contributed by atoms with van der Waals surface area (Å²) in [5.41, 5.74) is 2.01. The van der Waals surface area contributed by atoms with Gasteiger partial charge in [-0.3, -0.25) is 0 Å². The normalized spacial score (nSPS) is 11.7. The van der Waals surface area contributed by atoms with E-state index in [0.717, 1.165) is 31.5 Å². The van der Waals surface area contributed by atoms with E-state index >= 15 is 0 Å². The van der Waals surface area contributed by atoms with Crippen LogP contribution in [0.4, 0.5) is 5.82 Å². The van der Waals surface area contributed by atoms with Gasteiger partial charge in [0.25, 0.3) is 0 Å². The highest BCUT2D eigenvalue weighted by Gasteiger charge is 2.15. The first-order valence-electron chi connectivity index (χ1n) is 10.8. The fourth-order valence-corrected chi connectivity index (χ4v) is 2.65. The van der Waals surface area contributed by atoms with Gasteiger partial charge < -0.3 is 15.4 Å². The van der Waals surface area contributed by atoms with Crippen LogP contribution in [0.2, 0.25) is 0 Å². The van der Waals surface area contributed by atoms with E-state index in [-0.39, 0.29) is 0 Å². The van der Waals surface area contributed by atoms with Crippen LogP contribution in [0.3, 0.4) is 0 Å². The van der Waals surface area contributed by atoms with Gasteiger partial charge >= 0.3 is 0 Å². The molecular weight excluding hydrogens is 398 g/mol. The van der Waals surface area contributed by atoms with E-state index in [1.807, 2.05) is 27.7 Å². The molecule has 0 bridgehead atoms. The molecule has 1 aromatic rings. The molecule has 7 heteroatoms. The van der Waals surface area contributed by atoms with Crippen molar-refractivity contribution in [3.63, 3.8) is 0 Å². The number of nitrogens with one attached hydrogen (secondary N) is 2. The molecule has 30 heavy (non-hydrogen) atoms. The quantitative estimate of drug-likeness (QED) is 0.220. The van der Waals surface area contributed by atoms with Gasteiger partial charge in [-0.05, 0) is 46.2 Å². The number of hydrogen-bond acceptors (Lipinski definition) is 6. The molecule has 0 saturated carbocycles. The predicted octanol–water partition coefficient (Wildman–Crippen LogP) is 5.75. The number of aromatic nitrogens is 2. The van der Waals surface area contributed by atoms with Gasteiger partial charge in [0.05, 0.1) is 23.6 Å². The maximum atomic E-state index is 9.03. The zero-order valence-corrected chi connectivity index (χ0v) is 20.0. The highest BCUT2D eigenvalue weighted by atomic mass is 35.5. The fraction of sp³-hybridized carbons (Fsp3) is 0.609. The molecule has 0 radical (unpaired) electrons. The highest BCUT2D eigenvalue weighted by molar-refractivity contribution is 6.22. The number of alkyl halides is 1. The Morgan fingerprint density at radius 3 is 2.63 bits per heavy atom. The third-order valence-electron chi connectivity index (χ3n) is 4.28. The molecule has 0 spiro atoms. The van der Waals surface area contributed by atoms with E-state index in [9.17, 15) is 0 Å². The van der Waals surface area contributed by atoms with Gasteiger partial charge in [-0.2, -0.15) is 5.26 Å². The number of nitriles is 1. The fourth-order valence-electron chi connectivity index (χ4n) is 2.43. The Morgan fingerprint density at radius 1 is 1.30 bits per heavy atom. The Bertz CT molecular complexity index is 685. The summed E-state index contributed by atoms with van der Waals surface area (Å²) in [6.07, 6.45) is 8.08. The van der Waals surface area contributed by atoms with Crippen molar-refractivity contribution in [2.24, 2.45) is 0 Å². The molecule has 1 rings (SSSR count). The van der Waals surface area contributed by atoms with Crippen molar-refractivity contribution in [1.29, 1.82) is 5.26 Å². The van der Waals surface area contributed by atoms with Crippen LogP contribution in [0.1, 0.15) is 65.4 Å². The minimum absolute atomic E-state index is 0.412. The molecule has 1 heterocycles. The van der Waals surface area contributed by atoms with Crippen molar-refractivity contribution in [1.82, 2.24) is 15.3 Å². The molecule has 0 fully saturated rings. The van der Waals surface area contributed by atoms with Crippen molar-refractivity contribution in [3.05, 3.63) is 35.8 Å². The summed E-state index contributed by atoms with van der Waals surface area (Å²) >= 11 is 6.35. The maximum Gasteiger partial charge on any atom is 0.221 e. The van der Waals surface area contributed by atoms with Gasteiger partial charge in [0.2, 0.25) is 5.88 Å². The lowest BCUT2D eigenvalue weighted by atomic mass is 10.1. The Morgan fingerprint density at radius 2 is 2.00 bits per heavy atom. The molecule has 2 N–H and O–H groups in total. The van der Waals surface area contributed by atoms with Gasteiger partial charge in [-0.1, -0.05) is 39.8 Å². The van der Waals surface area contributed by atoms with Crippen LogP contribution in [-0.4, -0.2) is 35.0 Å². The molecule has 1 unspecified atom stereocenters. The zero-order valence-electron chi connectivity index (χ0n) is 19.2. The third kappa shape index (κ3) is 11.2. The number of ether oxygens (including phenoxy) is 1. The first kappa shape index (κ1) is 27.9. The van der Waals surface area contributed by atoms with Gasteiger partial charge in [0, 0.05) is 17.7 Å². The number of rotatable bonds is 14. The lowest BCUT2D eigenvalue weighted by molar-refractivity contribution is 0.292. The lowest BCUT2D eigenvalue weighted by Crippen LogP contribution is -2.17. The van der Waals surface area contributed by atoms with Crippen LogP contribution >= 0.6 is 11.6 Å². The second-order valence-electron chi connectivity index (χ2n) is 6.56. The summed E-state index contributed by atoms with van der Waals surface area (Å²) in [6.45, 7) is 16.6. The molecule has 1 aromatic heterocycles. The molecule has 6 nitrogen and oxygen atoms in total. The van der Waals surface area contributed by atoms with E-state index in [1.165, 1.54) is 19.2 Å². The second kappa shape index (κ2) is 17.7. The first-order chi connectivity index (χ1) is 14.5. The summed E-state index contributed by atoms with van der Waals surface area (Å²) in [7, 11) is 0. The van der Waals surface area contributed by atoms with Crippen LogP contribution in [0.25, 0.3) is 0 Å². The van der Waals surface area contributed by atoms with Crippen molar-refractivity contribution in [2.45, 2.75) is 72.1 Å². The van der Waals surface area contributed by atoms with E-state index in [4.69, 9.17) is 21.6 Å². The Hall–Kier alpha value is -2.10. The van der Waals surface area contributed by atoms with Crippen LogP contribution in [0, 0.1) is 18.3 Å². The Labute approximate surface area is 187 Å². The monoisotopic (exact) mass is 435 g/mol. The van der Waals surface area contributed by atoms with Gasteiger partial charge in [-0.15, -0.1) is 11.6 Å². The van der Waals surface area contributed by atoms with Gasteiger partial charge in [0.1, 0.15) is 12.1 Å². The third-order valence-corrected chi connectivity index (χ3v) is 4.70. The molecule has 0 aliphatic rings. The highest BCUT2D eigenvalue weighted by Crippen LogP contribution is 2.24. The summed E-state index contributed by atoms with van der Waals surface area (Å²) in [5.74, 6) is 1.17. The maximum absolute atomic E-state index is 9.03. The average Bonchev–Trinajstić information content (AvgIpc) is 2.77. The van der Waals surface area contributed by atoms with Gasteiger partial charge in [0.15, 0.2) is 0 Å². The van der Waals surface area contributed by atoms with Crippen molar-refractivity contribution in [3.8, 4) is 11.9 Å². The number of halogens is 1. The van der Waals surface area contributed by atoms with Crippen LogP contribution in [-0.2, 0) is 0 Å². The molecule has 168 valence electrons. The summed E-state index contributed by atoms with van der Waals surface area (Å²) in [4.78, 5) is 8.48. The summed E-state index contributed by atoms with van der Waals surface area (Å²) in [6, 6.07) is 2.13. The van der Waals surface area contributed by atoms with E-state index < -0.39 is 5.38 Å². The van der Waals surface area contributed by atoms with Crippen molar-refractivity contribution >= 4 is 17.4 Å². The average molecular weight is 436 g/mol. The molecule has 0 aliphatic carbocycles. The largest absolute Gasteiger partial charge is 0.477 e. The molecular formula is C23H38ClN5O. The number of allylic oxidation sites excluding steroid dienone is 3. The number of hydrogen-bond donors (Lipinski definition) is 2.